The fourth-order valence-electron chi connectivity index (χ4n) is 5.35. The summed E-state index contributed by atoms with van der Waals surface area (Å²) in [4.78, 5) is 49.6. The van der Waals surface area contributed by atoms with Crippen LogP contribution < -0.4 is 16.0 Å². The highest BCUT2D eigenvalue weighted by atomic mass is 19.4. The van der Waals surface area contributed by atoms with Crippen LogP contribution in [0.4, 0.5) is 13.2 Å². The van der Waals surface area contributed by atoms with Crippen LogP contribution in [0.3, 0.4) is 0 Å². The Balaban J connectivity index is 0.000000568. The number of fused-ring (bicyclic) bond motifs is 2. The van der Waals surface area contributed by atoms with Crippen molar-refractivity contribution >= 4 is 24.0 Å². The van der Waals surface area contributed by atoms with Gasteiger partial charge in [0, 0.05) is 6.04 Å². The van der Waals surface area contributed by atoms with Crippen LogP contribution in [0.15, 0.2) is 24.3 Å². The standard InChI is InChI=1S/C24H34N4O3.C2HF3O/c1-15(25-2)22(29)27-20-12-6-9-17-13-14-21(28(17)24(20)31)23(30)26-19-11-5-8-16-7-3-4-10-18(16)19;3-2(4,5)1-6/h3-4,7,10,15,17,19-21,25H,5-6,8-9,11-14H2,1-2H3,(H,26,30)(H,27,29);1H/t15-,17?,19+,20-,21-;/m0./s1. The summed E-state index contributed by atoms with van der Waals surface area (Å²) in [5.41, 5.74) is 2.50. The Bertz CT molecular complexity index is 987. The first-order valence-electron chi connectivity index (χ1n) is 12.8. The number of rotatable bonds is 5. The lowest BCUT2D eigenvalue weighted by Crippen LogP contribution is -2.56. The van der Waals surface area contributed by atoms with Crippen molar-refractivity contribution in [2.75, 3.05) is 7.05 Å². The molecule has 3 amide bonds. The van der Waals surface area contributed by atoms with E-state index in [1.54, 1.807) is 18.9 Å². The molecule has 3 N–H and O–H groups in total. The molecule has 1 unspecified atom stereocenters. The van der Waals surface area contributed by atoms with Gasteiger partial charge in [-0.2, -0.15) is 13.2 Å². The maximum Gasteiger partial charge on any atom is 0.446 e. The first-order valence-corrected chi connectivity index (χ1v) is 12.8. The van der Waals surface area contributed by atoms with Gasteiger partial charge in [0.25, 0.3) is 0 Å². The summed E-state index contributed by atoms with van der Waals surface area (Å²) in [7, 11) is 1.72. The second-order valence-electron chi connectivity index (χ2n) is 9.81. The number of hydrogen-bond acceptors (Lipinski definition) is 5. The van der Waals surface area contributed by atoms with Crippen LogP contribution in [0, 0.1) is 0 Å². The third-order valence-electron chi connectivity index (χ3n) is 7.35. The number of carbonyl (C=O) groups excluding carboxylic acids is 4. The van der Waals surface area contributed by atoms with E-state index in [4.69, 9.17) is 4.79 Å². The normalized spacial score (nSPS) is 26.0. The number of nitrogens with zero attached hydrogens (tertiary/aromatic N) is 1. The number of alkyl halides is 3. The third-order valence-corrected chi connectivity index (χ3v) is 7.35. The summed E-state index contributed by atoms with van der Waals surface area (Å²) in [6, 6.07) is 7.02. The zero-order valence-corrected chi connectivity index (χ0v) is 21.1. The van der Waals surface area contributed by atoms with Crippen molar-refractivity contribution in [3.63, 3.8) is 0 Å². The average molecular weight is 525 g/mol. The largest absolute Gasteiger partial charge is 0.446 e. The summed E-state index contributed by atoms with van der Waals surface area (Å²) in [5.74, 6) is -0.354. The Morgan fingerprint density at radius 1 is 1.03 bits per heavy atom. The molecule has 204 valence electrons. The summed E-state index contributed by atoms with van der Waals surface area (Å²) in [6.45, 7) is 1.77. The van der Waals surface area contributed by atoms with E-state index in [-0.39, 0.29) is 35.8 Å². The van der Waals surface area contributed by atoms with Crippen LogP contribution in [-0.4, -0.2) is 66.3 Å². The van der Waals surface area contributed by atoms with Crippen molar-refractivity contribution in [3.8, 4) is 0 Å². The van der Waals surface area contributed by atoms with Gasteiger partial charge in [-0.15, -0.1) is 0 Å². The van der Waals surface area contributed by atoms with Gasteiger partial charge in [0.05, 0.1) is 12.1 Å². The van der Waals surface area contributed by atoms with E-state index in [0.717, 1.165) is 38.5 Å². The monoisotopic (exact) mass is 524 g/mol. The number of aldehydes is 1. The molecule has 2 heterocycles. The first-order chi connectivity index (χ1) is 17.6. The van der Waals surface area contributed by atoms with Gasteiger partial charge in [-0.05, 0) is 76.5 Å². The fraction of sp³-hybridized carbons (Fsp3) is 0.615. The molecule has 3 aliphatic rings. The van der Waals surface area contributed by atoms with Crippen molar-refractivity contribution in [1.29, 1.82) is 0 Å². The molecule has 0 saturated carbocycles. The van der Waals surface area contributed by atoms with Crippen molar-refractivity contribution in [3.05, 3.63) is 35.4 Å². The van der Waals surface area contributed by atoms with Crippen molar-refractivity contribution in [1.82, 2.24) is 20.9 Å². The molecule has 37 heavy (non-hydrogen) atoms. The fourth-order valence-corrected chi connectivity index (χ4v) is 5.35. The molecule has 2 saturated heterocycles. The van der Waals surface area contributed by atoms with E-state index < -0.39 is 24.5 Å². The highest BCUT2D eigenvalue weighted by Crippen LogP contribution is 2.34. The molecule has 1 aliphatic carbocycles. The lowest BCUT2D eigenvalue weighted by Gasteiger charge is -2.33. The minimum Gasteiger partial charge on any atom is -0.347 e. The highest BCUT2D eigenvalue weighted by Gasteiger charge is 2.45. The molecule has 2 fully saturated rings. The maximum atomic E-state index is 13.4. The van der Waals surface area contributed by atoms with E-state index in [9.17, 15) is 27.6 Å². The van der Waals surface area contributed by atoms with Gasteiger partial charge in [-0.1, -0.05) is 24.3 Å². The zero-order valence-electron chi connectivity index (χ0n) is 21.1. The smallest absolute Gasteiger partial charge is 0.347 e. The number of aryl methyl sites for hydroxylation is 1. The molecule has 4 rings (SSSR count). The first kappa shape index (κ1) is 28.6. The molecule has 8 nitrogen and oxygen atoms in total. The number of carbonyl (C=O) groups is 4. The minimum atomic E-state index is -4.64. The van der Waals surface area contributed by atoms with Gasteiger partial charge in [-0.3, -0.25) is 19.2 Å². The Labute approximate surface area is 214 Å². The Hall–Kier alpha value is -2.95. The predicted octanol–water partition coefficient (Wildman–Crippen LogP) is 2.56. The Morgan fingerprint density at radius 2 is 1.70 bits per heavy atom. The van der Waals surface area contributed by atoms with E-state index >= 15 is 0 Å². The maximum absolute atomic E-state index is 13.4. The third kappa shape index (κ3) is 7.30. The lowest BCUT2D eigenvalue weighted by molar-refractivity contribution is -0.156. The molecule has 11 heteroatoms. The van der Waals surface area contributed by atoms with Gasteiger partial charge in [-0.25, -0.2) is 0 Å². The van der Waals surface area contributed by atoms with Crippen LogP contribution in [-0.2, 0) is 25.6 Å². The lowest BCUT2D eigenvalue weighted by atomic mass is 9.87. The average Bonchev–Trinajstić information content (AvgIpc) is 3.24. The van der Waals surface area contributed by atoms with E-state index in [1.165, 1.54) is 11.1 Å². The SMILES string of the molecule is CN[C@@H](C)C(=O)N[C@H]1CCCC2CC[C@@H](C(=O)N[C@@H]3CCCc4ccccc43)N2C1=O.O=CC(F)(F)F. The Kier molecular flexibility index (Phi) is 9.69. The molecule has 1 aromatic rings. The van der Waals surface area contributed by atoms with Crippen LogP contribution in [0.2, 0.25) is 0 Å². The zero-order chi connectivity index (χ0) is 27.2. The van der Waals surface area contributed by atoms with Crippen molar-refractivity contribution in [2.24, 2.45) is 0 Å². The van der Waals surface area contributed by atoms with Crippen LogP contribution in [0.5, 0.6) is 0 Å². The minimum absolute atomic E-state index is 0.00515. The molecule has 0 bridgehead atoms. The highest BCUT2D eigenvalue weighted by molar-refractivity contribution is 5.94. The number of likely N-dealkylation sites (N-methyl/N-ethyl adjacent to an activating group) is 1. The number of halogens is 3. The van der Waals surface area contributed by atoms with Crippen LogP contribution in [0.1, 0.15) is 69.0 Å². The molecule has 0 spiro atoms. The second kappa shape index (κ2) is 12.5. The van der Waals surface area contributed by atoms with Crippen molar-refractivity contribution in [2.45, 2.75) is 94.7 Å². The van der Waals surface area contributed by atoms with Gasteiger partial charge < -0.3 is 20.9 Å². The molecular weight excluding hydrogens is 489 g/mol. The van der Waals surface area contributed by atoms with Gasteiger partial charge >= 0.3 is 6.18 Å². The molecule has 2 aliphatic heterocycles. The van der Waals surface area contributed by atoms with E-state index in [0.29, 0.717) is 12.8 Å². The second-order valence-corrected chi connectivity index (χ2v) is 9.81. The van der Waals surface area contributed by atoms with Crippen LogP contribution in [0.25, 0.3) is 0 Å². The number of nitrogens with one attached hydrogen (secondary N) is 3. The van der Waals surface area contributed by atoms with Gasteiger partial charge in [0.2, 0.25) is 24.0 Å². The van der Waals surface area contributed by atoms with Gasteiger partial charge in [0.15, 0.2) is 0 Å². The van der Waals surface area contributed by atoms with E-state index in [2.05, 4.69) is 28.1 Å². The topological polar surface area (TPSA) is 108 Å². The number of amides is 3. The molecule has 0 radical (unpaired) electrons. The molecule has 0 aromatic heterocycles. The van der Waals surface area contributed by atoms with Crippen molar-refractivity contribution < 1.29 is 32.3 Å². The summed E-state index contributed by atoms with van der Waals surface area (Å²) < 4.78 is 31.2. The summed E-state index contributed by atoms with van der Waals surface area (Å²) in [5, 5.41) is 9.06. The van der Waals surface area contributed by atoms with Gasteiger partial charge in [0.1, 0.15) is 12.1 Å². The quantitative estimate of drug-likeness (QED) is 0.514. The predicted molar refractivity (Wildman–Crippen MR) is 130 cm³/mol. The summed E-state index contributed by atoms with van der Waals surface area (Å²) in [6.07, 6.45) is 1.23. The molecular formula is C26H35F3N4O4. The number of hydrogen-bond donors (Lipinski definition) is 3. The molecule has 1 aromatic carbocycles. The van der Waals surface area contributed by atoms with E-state index in [1.807, 2.05) is 12.1 Å². The molecule has 5 atom stereocenters. The Morgan fingerprint density at radius 3 is 2.38 bits per heavy atom. The summed E-state index contributed by atoms with van der Waals surface area (Å²) >= 11 is 0. The van der Waals surface area contributed by atoms with Crippen LogP contribution >= 0.6 is 0 Å². The number of benzene rings is 1.